The Kier molecular flexibility index (Phi) is 4.13. The Labute approximate surface area is 92.0 Å². The first kappa shape index (κ1) is 11.0. The highest BCUT2D eigenvalue weighted by molar-refractivity contribution is 6.19. The number of hydrogen-bond acceptors (Lipinski definition) is 3. The maximum absolute atomic E-state index is 8.65. The van der Waals surface area contributed by atoms with E-state index in [9.17, 15) is 0 Å². The summed E-state index contributed by atoms with van der Waals surface area (Å²) in [6, 6.07) is 9.00. The second kappa shape index (κ2) is 5.62. The van der Waals surface area contributed by atoms with Crippen LogP contribution in [-0.2, 0) is 0 Å². The molecule has 1 aromatic carbocycles. The minimum Gasteiger partial charge on any atom is -0.367 e. The molecule has 0 amide bonds. The van der Waals surface area contributed by atoms with Crippen LogP contribution in [0, 0.1) is 11.3 Å². The van der Waals surface area contributed by atoms with Gasteiger partial charge in [-0.05, 0) is 17.7 Å². The smallest absolute Gasteiger partial charge is 0.226 e. The monoisotopic (exact) mass is 221 g/mol. The van der Waals surface area contributed by atoms with E-state index in [2.05, 4.69) is 15.0 Å². The molecule has 15 heavy (non-hydrogen) atoms. The molecule has 5 nitrogen and oxygen atoms in total. The van der Waals surface area contributed by atoms with Crippen LogP contribution >= 0.6 is 11.8 Å². The van der Waals surface area contributed by atoms with Crippen LogP contribution in [0.2, 0.25) is 0 Å². The quantitative estimate of drug-likeness (QED) is 0.443. The van der Waals surface area contributed by atoms with Gasteiger partial charge in [0.2, 0.25) is 5.96 Å². The van der Waals surface area contributed by atoms with Gasteiger partial charge in [-0.2, -0.15) is 10.4 Å². The van der Waals surface area contributed by atoms with Crippen LogP contribution in [0.1, 0.15) is 11.1 Å². The highest BCUT2D eigenvalue weighted by atomic mass is 35.5. The van der Waals surface area contributed by atoms with Gasteiger partial charge in [0.05, 0.1) is 17.8 Å². The normalized spacial score (nSPS) is 11.3. The molecule has 0 aliphatic heterocycles. The highest BCUT2D eigenvalue weighted by Gasteiger charge is 1.91. The molecule has 0 spiro atoms. The van der Waals surface area contributed by atoms with Crippen molar-refractivity contribution in [3.05, 3.63) is 35.4 Å². The molecule has 76 valence electrons. The zero-order valence-corrected chi connectivity index (χ0v) is 8.44. The number of hydrogen-bond donors (Lipinski definition) is 2. The Hall–Kier alpha value is -2.06. The van der Waals surface area contributed by atoms with E-state index in [-0.39, 0.29) is 5.96 Å². The predicted molar refractivity (Wildman–Crippen MR) is 59.4 cm³/mol. The van der Waals surface area contributed by atoms with Crippen LogP contribution < -0.4 is 11.2 Å². The molecular weight excluding hydrogens is 214 g/mol. The minimum absolute atomic E-state index is 0.00403. The summed E-state index contributed by atoms with van der Waals surface area (Å²) in [6.07, 6.45) is 1.51. The Bertz CT molecular complexity index is 432. The Balaban J connectivity index is 2.69. The molecule has 0 aliphatic rings. The van der Waals surface area contributed by atoms with Gasteiger partial charge in [-0.3, -0.25) is 0 Å². The van der Waals surface area contributed by atoms with Gasteiger partial charge in [-0.15, -0.1) is 4.51 Å². The van der Waals surface area contributed by atoms with E-state index >= 15 is 0 Å². The molecule has 0 aromatic heterocycles. The lowest BCUT2D eigenvalue weighted by molar-refractivity contribution is 1.02. The van der Waals surface area contributed by atoms with Crippen molar-refractivity contribution in [2.75, 3.05) is 0 Å². The second-order valence-corrected chi connectivity index (χ2v) is 2.75. The third-order valence-electron chi connectivity index (χ3n) is 1.50. The Morgan fingerprint density at radius 2 is 2.40 bits per heavy atom. The molecule has 0 atom stereocenters. The van der Waals surface area contributed by atoms with Gasteiger partial charge in [0.1, 0.15) is 0 Å². The van der Waals surface area contributed by atoms with Gasteiger partial charge in [-0.1, -0.05) is 12.1 Å². The van der Waals surface area contributed by atoms with E-state index < -0.39 is 0 Å². The molecule has 1 rings (SSSR count). The molecule has 6 heteroatoms. The first-order chi connectivity index (χ1) is 7.26. The van der Waals surface area contributed by atoms with Crippen LogP contribution in [-0.4, -0.2) is 12.2 Å². The summed E-state index contributed by atoms with van der Waals surface area (Å²) in [6.45, 7) is 0. The van der Waals surface area contributed by atoms with Gasteiger partial charge >= 0.3 is 0 Å². The first-order valence-electron chi connectivity index (χ1n) is 4.00. The van der Waals surface area contributed by atoms with Crippen molar-refractivity contribution in [1.29, 1.82) is 5.26 Å². The van der Waals surface area contributed by atoms with Crippen molar-refractivity contribution < 1.29 is 0 Å². The van der Waals surface area contributed by atoms with Crippen molar-refractivity contribution in [3.63, 3.8) is 0 Å². The van der Waals surface area contributed by atoms with Crippen molar-refractivity contribution >= 4 is 24.0 Å². The van der Waals surface area contributed by atoms with E-state index in [0.29, 0.717) is 5.56 Å². The standard InChI is InChI=1S/C9H8ClN5/c10-14-9(12)15-13-6-8-3-1-2-7(4-8)5-11/h1-4,6H,(H3,12,14,15). The lowest BCUT2D eigenvalue weighted by Crippen LogP contribution is -2.26. The lowest BCUT2D eigenvalue weighted by Gasteiger charge is -1.95. The predicted octanol–water partition coefficient (Wildman–Crippen LogP) is 0.950. The van der Waals surface area contributed by atoms with E-state index in [1.54, 1.807) is 24.3 Å². The zero-order valence-electron chi connectivity index (χ0n) is 7.68. The fraction of sp³-hybridized carbons (Fsp3) is 0. The number of halogens is 1. The summed E-state index contributed by atoms with van der Waals surface area (Å²) in [5.41, 5.74) is 8.98. The molecule has 1 aromatic rings. The average Bonchev–Trinajstić information content (AvgIpc) is 2.29. The third-order valence-corrected chi connectivity index (χ3v) is 1.68. The maximum Gasteiger partial charge on any atom is 0.226 e. The van der Waals surface area contributed by atoms with E-state index in [1.807, 2.05) is 6.07 Å². The molecule has 0 saturated carbocycles. The van der Waals surface area contributed by atoms with Crippen molar-refractivity contribution in [3.8, 4) is 6.07 Å². The number of nitrogens with zero attached hydrogens (tertiary/aromatic N) is 3. The number of nitrogens with two attached hydrogens (primary N) is 1. The molecule has 0 unspecified atom stereocenters. The number of guanidine groups is 1. The lowest BCUT2D eigenvalue weighted by atomic mass is 10.1. The van der Waals surface area contributed by atoms with Gasteiger partial charge in [-0.25, -0.2) is 5.43 Å². The van der Waals surface area contributed by atoms with Gasteiger partial charge in [0.25, 0.3) is 0 Å². The largest absolute Gasteiger partial charge is 0.367 e. The minimum atomic E-state index is 0.00403. The van der Waals surface area contributed by atoms with Crippen LogP contribution in [0.3, 0.4) is 0 Å². The van der Waals surface area contributed by atoms with Gasteiger partial charge in [0.15, 0.2) is 0 Å². The molecule has 0 aliphatic carbocycles. The topological polar surface area (TPSA) is 86.6 Å². The second-order valence-electron chi connectivity index (χ2n) is 2.58. The number of benzene rings is 1. The molecule has 0 bridgehead atoms. The van der Waals surface area contributed by atoms with Crippen molar-refractivity contribution in [1.82, 2.24) is 5.43 Å². The van der Waals surface area contributed by atoms with Gasteiger partial charge in [0, 0.05) is 11.8 Å². The summed E-state index contributed by atoms with van der Waals surface area (Å²) in [5.74, 6) is 0.00403. The Morgan fingerprint density at radius 3 is 3.07 bits per heavy atom. The average molecular weight is 222 g/mol. The maximum atomic E-state index is 8.65. The van der Waals surface area contributed by atoms with E-state index in [0.717, 1.165) is 5.56 Å². The molecule has 0 heterocycles. The Morgan fingerprint density at radius 1 is 1.60 bits per heavy atom. The molecule has 0 saturated heterocycles. The van der Waals surface area contributed by atoms with Crippen molar-refractivity contribution in [2.45, 2.75) is 0 Å². The molecule has 0 fully saturated rings. The summed E-state index contributed by atoms with van der Waals surface area (Å²) < 4.78 is 3.14. The number of rotatable bonds is 2. The SMILES string of the molecule is N#Cc1cccc(C=NN/C(N)=N/Cl)c1. The van der Waals surface area contributed by atoms with Crippen LogP contribution in [0.25, 0.3) is 0 Å². The third kappa shape index (κ3) is 3.67. The fourth-order valence-electron chi connectivity index (χ4n) is 0.880. The first-order valence-corrected chi connectivity index (χ1v) is 4.33. The number of nitrogens with one attached hydrogen (secondary N) is 1. The van der Waals surface area contributed by atoms with Crippen LogP contribution in [0.15, 0.2) is 33.9 Å². The van der Waals surface area contributed by atoms with Crippen LogP contribution in [0.4, 0.5) is 0 Å². The highest BCUT2D eigenvalue weighted by Crippen LogP contribution is 2.00. The van der Waals surface area contributed by atoms with Crippen molar-refractivity contribution in [2.24, 2.45) is 15.3 Å². The molecule has 3 N–H and O–H groups in total. The molecule has 0 radical (unpaired) electrons. The summed E-state index contributed by atoms with van der Waals surface area (Å²) in [7, 11) is 0. The zero-order chi connectivity index (χ0) is 11.1. The van der Waals surface area contributed by atoms with Gasteiger partial charge < -0.3 is 5.73 Å². The van der Waals surface area contributed by atoms with Crippen LogP contribution in [0.5, 0.6) is 0 Å². The summed E-state index contributed by atoms with van der Waals surface area (Å²) in [4.78, 5) is 0. The summed E-state index contributed by atoms with van der Waals surface area (Å²) in [5, 5.41) is 12.4. The number of hydrazone groups is 1. The van der Waals surface area contributed by atoms with E-state index in [1.165, 1.54) is 6.21 Å². The van der Waals surface area contributed by atoms with E-state index in [4.69, 9.17) is 22.8 Å². The summed E-state index contributed by atoms with van der Waals surface area (Å²) >= 11 is 5.06. The molecular formula is C9H8ClN5. The fourth-order valence-corrected chi connectivity index (χ4v) is 0.918. The number of nitriles is 1.